The molecule has 5 nitrogen and oxygen atoms in total. The Kier molecular flexibility index (Phi) is 3.59. The monoisotopic (exact) mass is 292 g/mol. The predicted octanol–water partition coefficient (Wildman–Crippen LogP) is 2.20. The van der Waals surface area contributed by atoms with E-state index in [0.29, 0.717) is 0 Å². The molecule has 0 unspecified atom stereocenters. The number of anilines is 1. The number of hydrogen-bond donors (Lipinski definition) is 2. The van der Waals surface area contributed by atoms with E-state index >= 15 is 0 Å². The van der Waals surface area contributed by atoms with E-state index in [1.807, 2.05) is 0 Å². The lowest BCUT2D eigenvalue weighted by Crippen LogP contribution is -2.15. The Labute approximate surface area is 115 Å². The maximum Gasteiger partial charge on any atom is 0.263 e. The number of rotatable bonds is 3. The molecule has 0 radical (unpaired) electrons. The molecule has 0 fully saturated rings. The molecule has 0 aromatic heterocycles. The number of phenolic OH excluding ortho intramolecular Hbond substituents is 1. The van der Waals surface area contributed by atoms with Crippen molar-refractivity contribution in [2.24, 2.45) is 0 Å². The van der Waals surface area contributed by atoms with Crippen molar-refractivity contribution in [2.45, 2.75) is 4.90 Å². The van der Waals surface area contributed by atoms with Crippen LogP contribution in [0.4, 0.5) is 10.1 Å². The van der Waals surface area contributed by atoms with Gasteiger partial charge in [0.15, 0.2) is 0 Å². The number of nitrogens with zero attached hydrogens (tertiary/aromatic N) is 1. The van der Waals surface area contributed by atoms with E-state index in [2.05, 4.69) is 4.72 Å². The van der Waals surface area contributed by atoms with Gasteiger partial charge in [0, 0.05) is 0 Å². The van der Waals surface area contributed by atoms with Gasteiger partial charge in [-0.1, -0.05) is 18.2 Å². The van der Waals surface area contributed by atoms with Crippen molar-refractivity contribution < 1.29 is 17.9 Å². The quantitative estimate of drug-likeness (QED) is 0.849. The summed E-state index contributed by atoms with van der Waals surface area (Å²) in [6, 6.07) is 10.5. The topological polar surface area (TPSA) is 90.2 Å². The molecule has 0 spiro atoms. The highest BCUT2D eigenvalue weighted by Crippen LogP contribution is 2.26. The van der Waals surface area contributed by atoms with Crippen LogP contribution in [0.1, 0.15) is 5.56 Å². The number of nitrogens with one attached hydrogen (secondary N) is 1. The summed E-state index contributed by atoms with van der Waals surface area (Å²) in [4.78, 5) is -0.483. The second-order valence-electron chi connectivity index (χ2n) is 3.85. The number of nitriles is 1. The van der Waals surface area contributed by atoms with Gasteiger partial charge in [-0.15, -0.1) is 0 Å². The molecule has 2 aromatic carbocycles. The van der Waals surface area contributed by atoms with Crippen LogP contribution >= 0.6 is 0 Å². The first-order chi connectivity index (χ1) is 9.45. The van der Waals surface area contributed by atoms with E-state index in [4.69, 9.17) is 5.26 Å². The number of benzene rings is 2. The van der Waals surface area contributed by atoms with Crippen molar-refractivity contribution in [1.29, 1.82) is 5.26 Å². The molecule has 0 bridgehead atoms. The summed E-state index contributed by atoms with van der Waals surface area (Å²) < 4.78 is 39.8. The normalized spacial score (nSPS) is 10.8. The van der Waals surface area contributed by atoms with Crippen LogP contribution in [0, 0.1) is 17.1 Å². The average Bonchev–Trinajstić information content (AvgIpc) is 2.41. The molecular weight excluding hydrogens is 283 g/mol. The van der Waals surface area contributed by atoms with Gasteiger partial charge in [0.05, 0.1) is 5.69 Å². The van der Waals surface area contributed by atoms with Crippen molar-refractivity contribution in [3.05, 3.63) is 53.8 Å². The van der Waals surface area contributed by atoms with Gasteiger partial charge < -0.3 is 5.11 Å². The van der Waals surface area contributed by atoms with E-state index in [1.165, 1.54) is 36.4 Å². The van der Waals surface area contributed by atoms with Crippen LogP contribution in [0.2, 0.25) is 0 Å². The molecule has 2 N–H and O–H groups in total. The molecule has 0 aliphatic rings. The first-order valence-corrected chi connectivity index (χ1v) is 6.93. The van der Waals surface area contributed by atoms with Gasteiger partial charge in [0.25, 0.3) is 10.0 Å². The van der Waals surface area contributed by atoms with Crippen LogP contribution in [0.3, 0.4) is 0 Å². The highest BCUT2D eigenvalue weighted by molar-refractivity contribution is 7.92. The van der Waals surface area contributed by atoms with E-state index in [-0.39, 0.29) is 11.4 Å². The second-order valence-corrected chi connectivity index (χ2v) is 5.50. The molecule has 2 aromatic rings. The van der Waals surface area contributed by atoms with Crippen LogP contribution in [-0.4, -0.2) is 13.5 Å². The Morgan fingerprint density at radius 3 is 2.50 bits per heavy atom. The summed E-state index contributed by atoms with van der Waals surface area (Å²) in [5, 5.41) is 18.4. The number of para-hydroxylation sites is 2. The fourth-order valence-electron chi connectivity index (χ4n) is 1.60. The molecule has 102 valence electrons. The molecule has 0 saturated heterocycles. The summed E-state index contributed by atoms with van der Waals surface area (Å²) in [7, 11) is -4.17. The first-order valence-electron chi connectivity index (χ1n) is 5.45. The summed E-state index contributed by atoms with van der Waals surface area (Å²) in [5.74, 6) is -1.20. The maximum atomic E-state index is 13.4. The number of phenols is 1. The minimum atomic E-state index is -4.17. The molecule has 0 saturated carbocycles. The summed E-state index contributed by atoms with van der Waals surface area (Å²) in [6.45, 7) is 0. The third-order valence-electron chi connectivity index (χ3n) is 2.53. The zero-order valence-electron chi connectivity index (χ0n) is 10.0. The van der Waals surface area contributed by atoms with Gasteiger partial charge in [-0.05, 0) is 24.3 Å². The predicted molar refractivity (Wildman–Crippen MR) is 70.0 cm³/mol. The largest absolute Gasteiger partial charge is 0.506 e. The van der Waals surface area contributed by atoms with Crippen molar-refractivity contribution in [1.82, 2.24) is 0 Å². The van der Waals surface area contributed by atoms with Crippen LogP contribution in [-0.2, 0) is 10.0 Å². The van der Waals surface area contributed by atoms with Gasteiger partial charge in [-0.3, -0.25) is 4.72 Å². The summed E-state index contributed by atoms with van der Waals surface area (Å²) >= 11 is 0. The highest BCUT2D eigenvalue weighted by Gasteiger charge is 2.22. The van der Waals surface area contributed by atoms with Gasteiger partial charge in [0.1, 0.15) is 28.1 Å². The third-order valence-corrected chi connectivity index (χ3v) is 3.93. The Morgan fingerprint density at radius 2 is 1.85 bits per heavy atom. The summed E-state index contributed by atoms with van der Waals surface area (Å²) in [6.07, 6.45) is 0. The SMILES string of the molecule is N#Cc1c(F)cccc1S(=O)(=O)Nc1ccccc1O. The Bertz CT molecular complexity index is 798. The Hall–Kier alpha value is -2.59. The molecule has 0 aliphatic carbocycles. The molecule has 2 rings (SSSR count). The van der Waals surface area contributed by atoms with Crippen molar-refractivity contribution in [2.75, 3.05) is 4.72 Å². The average molecular weight is 292 g/mol. The van der Waals surface area contributed by atoms with Crippen LogP contribution in [0.5, 0.6) is 5.75 Å². The molecule has 7 heteroatoms. The number of sulfonamides is 1. The zero-order chi connectivity index (χ0) is 14.8. The zero-order valence-corrected chi connectivity index (χ0v) is 10.9. The number of hydrogen-bond acceptors (Lipinski definition) is 4. The molecule has 0 heterocycles. The Balaban J connectivity index is 2.50. The van der Waals surface area contributed by atoms with E-state index in [0.717, 1.165) is 12.1 Å². The Morgan fingerprint density at radius 1 is 1.15 bits per heavy atom. The first kappa shape index (κ1) is 13.8. The number of aromatic hydroxyl groups is 1. The van der Waals surface area contributed by atoms with Crippen molar-refractivity contribution in [3.63, 3.8) is 0 Å². The molecule has 0 aliphatic heterocycles. The molecule has 0 amide bonds. The van der Waals surface area contributed by atoms with Gasteiger partial charge in [0.2, 0.25) is 0 Å². The van der Waals surface area contributed by atoms with Crippen LogP contribution in [0.25, 0.3) is 0 Å². The van der Waals surface area contributed by atoms with E-state index < -0.39 is 26.3 Å². The lowest BCUT2D eigenvalue weighted by atomic mass is 10.2. The van der Waals surface area contributed by atoms with E-state index in [9.17, 15) is 17.9 Å². The number of halogens is 1. The fraction of sp³-hybridized carbons (Fsp3) is 0. The standard InChI is InChI=1S/C13H9FN2O3S/c14-10-4-3-7-13(9(10)8-15)20(18,19)16-11-5-1-2-6-12(11)17/h1-7,16-17H. The van der Waals surface area contributed by atoms with Gasteiger partial charge in [-0.25, -0.2) is 12.8 Å². The van der Waals surface area contributed by atoms with Crippen molar-refractivity contribution in [3.8, 4) is 11.8 Å². The minimum absolute atomic E-state index is 0.0550. The van der Waals surface area contributed by atoms with Gasteiger partial charge >= 0.3 is 0 Å². The maximum absolute atomic E-state index is 13.4. The lowest BCUT2D eigenvalue weighted by Gasteiger charge is -2.10. The van der Waals surface area contributed by atoms with Crippen LogP contribution in [0.15, 0.2) is 47.4 Å². The van der Waals surface area contributed by atoms with Crippen molar-refractivity contribution >= 4 is 15.7 Å². The van der Waals surface area contributed by atoms with E-state index in [1.54, 1.807) is 0 Å². The lowest BCUT2D eigenvalue weighted by molar-refractivity contribution is 0.477. The molecule has 20 heavy (non-hydrogen) atoms. The smallest absolute Gasteiger partial charge is 0.263 e. The highest BCUT2D eigenvalue weighted by atomic mass is 32.2. The molecular formula is C13H9FN2O3S. The third kappa shape index (κ3) is 2.55. The second kappa shape index (κ2) is 5.19. The van der Waals surface area contributed by atoms with Crippen LogP contribution < -0.4 is 4.72 Å². The van der Waals surface area contributed by atoms with Gasteiger partial charge in [-0.2, -0.15) is 5.26 Å². The molecule has 0 atom stereocenters. The fourth-order valence-corrected chi connectivity index (χ4v) is 2.84. The minimum Gasteiger partial charge on any atom is -0.506 e. The summed E-state index contributed by atoms with van der Waals surface area (Å²) in [5.41, 5.74) is -0.629.